The van der Waals surface area contributed by atoms with Crippen molar-refractivity contribution in [3.05, 3.63) is 10.7 Å². The van der Waals surface area contributed by atoms with Crippen molar-refractivity contribution in [3.63, 3.8) is 0 Å². The number of anilines is 2. The van der Waals surface area contributed by atoms with Gasteiger partial charge in [-0.1, -0.05) is 6.92 Å². The van der Waals surface area contributed by atoms with Gasteiger partial charge in [0, 0.05) is 33.9 Å². The molecule has 1 amide bonds. The zero-order chi connectivity index (χ0) is 14.4. The number of halogens is 1. The Morgan fingerprint density at radius 1 is 1.47 bits per heavy atom. The average Bonchev–Trinajstić information content (AvgIpc) is 2.38. The van der Waals surface area contributed by atoms with Gasteiger partial charge in [0.05, 0.1) is 11.0 Å². The van der Waals surface area contributed by atoms with Gasteiger partial charge in [0.25, 0.3) is 0 Å². The molecule has 0 atom stereocenters. The minimum atomic E-state index is 0.0463. The van der Waals surface area contributed by atoms with Gasteiger partial charge in [-0.3, -0.25) is 4.79 Å². The molecule has 0 aromatic carbocycles. The fraction of sp³-hybridized carbons (Fsp3) is 0.583. The lowest BCUT2D eigenvalue weighted by atomic mass is 10.3. The van der Waals surface area contributed by atoms with Crippen molar-refractivity contribution in [2.45, 2.75) is 13.3 Å². The van der Waals surface area contributed by atoms with Gasteiger partial charge in [-0.25, -0.2) is 4.98 Å². The molecule has 1 aromatic heterocycles. The molecule has 0 aliphatic carbocycles. The van der Waals surface area contributed by atoms with E-state index in [0.717, 1.165) is 23.3 Å². The van der Waals surface area contributed by atoms with Crippen LogP contribution in [0, 0.1) is 0 Å². The molecule has 0 saturated heterocycles. The summed E-state index contributed by atoms with van der Waals surface area (Å²) in [6, 6.07) is 0. The number of nitrogens with one attached hydrogen (secondary N) is 1. The van der Waals surface area contributed by atoms with Gasteiger partial charge in [-0.15, -0.1) is 0 Å². The Hall–Kier alpha value is -1.37. The molecule has 0 fully saturated rings. The molecule has 1 rings (SSSR count). The second-order valence-corrected chi connectivity index (χ2v) is 5.18. The van der Waals surface area contributed by atoms with E-state index in [-0.39, 0.29) is 5.91 Å². The van der Waals surface area contributed by atoms with Crippen LogP contribution < -0.4 is 10.2 Å². The Kier molecular flexibility index (Phi) is 6.01. The highest BCUT2D eigenvalue weighted by Gasteiger charge is 2.17. The lowest BCUT2D eigenvalue weighted by Crippen LogP contribution is -2.37. The fourth-order valence-electron chi connectivity index (χ4n) is 1.53. The molecule has 1 N–H and O–H groups in total. The third-order valence-corrected chi connectivity index (χ3v) is 3.13. The number of aromatic nitrogens is 2. The normalized spacial score (nSPS) is 10.2. The summed E-state index contributed by atoms with van der Waals surface area (Å²) in [6.45, 7) is 3.14. The number of carbonyl (C=O) groups excluding carboxylic acids is 1. The van der Waals surface area contributed by atoms with Crippen LogP contribution in [0.15, 0.2) is 10.7 Å². The van der Waals surface area contributed by atoms with Gasteiger partial charge in [-0.05, 0) is 22.4 Å². The number of amides is 1. The van der Waals surface area contributed by atoms with Crippen LogP contribution in [0.2, 0.25) is 0 Å². The van der Waals surface area contributed by atoms with E-state index in [1.807, 2.05) is 4.90 Å². The molecule has 0 saturated carbocycles. The van der Waals surface area contributed by atoms with Gasteiger partial charge >= 0.3 is 0 Å². The molecular formula is C12H20BrN5O. The number of likely N-dealkylation sites (N-methyl/N-ethyl adjacent to an activating group) is 1. The predicted octanol–water partition coefficient (Wildman–Crippen LogP) is 1.59. The molecule has 0 bridgehead atoms. The molecule has 0 aliphatic heterocycles. The van der Waals surface area contributed by atoms with Gasteiger partial charge < -0.3 is 15.1 Å². The SMILES string of the molecule is CCCN(CC(=O)N(C)C)c1nc(NC)ncc1Br. The van der Waals surface area contributed by atoms with Gasteiger partial charge in [-0.2, -0.15) is 4.98 Å². The van der Waals surface area contributed by atoms with Crippen molar-refractivity contribution in [3.8, 4) is 0 Å². The summed E-state index contributed by atoms with van der Waals surface area (Å²) >= 11 is 3.44. The van der Waals surface area contributed by atoms with Crippen LogP contribution in [0.3, 0.4) is 0 Å². The number of hydrogen-bond donors (Lipinski definition) is 1. The van der Waals surface area contributed by atoms with E-state index in [4.69, 9.17) is 0 Å². The summed E-state index contributed by atoms with van der Waals surface area (Å²) in [5, 5.41) is 2.90. The zero-order valence-electron chi connectivity index (χ0n) is 11.8. The van der Waals surface area contributed by atoms with Gasteiger partial charge in [0.1, 0.15) is 5.82 Å². The van der Waals surface area contributed by atoms with Crippen molar-refractivity contribution < 1.29 is 4.79 Å². The van der Waals surface area contributed by atoms with Crippen LogP contribution >= 0.6 is 15.9 Å². The molecule has 1 heterocycles. The smallest absolute Gasteiger partial charge is 0.241 e. The van der Waals surface area contributed by atoms with Crippen molar-refractivity contribution in [2.24, 2.45) is 0 Å². The maximum Gasteiger partial charge on any atom is 0.241 e. The van der Waals surface area contributed by atoms with Crippen molar-refractivity contribution in [2.75, 3.05) is 44.4 Å². The largest absolute Gasteiger partial charge is 0.357 e. The van der Waals surface area contributed by atoms with E-state index in [1.54, 1.807) is 32.2 Å². The number of rotatable bonds is 6. The Labute approximate surface area is 122 Å². The highest BCUT2D eigenvalue weighted by atomic mass is 79.9. The van der Waals surface area contributed by atoms with E-state index in [2.05, 4.69) is 38.1 Å². The highest BCUT2D eigenvalue weighted by molar-refractivity contribution is 9.10. The third kappa shape index (κ3) is 4.34. The van der Waals surface area contributed by atoms with Gasteiger partial charge in [0.15, 0.2) is 0 Å². The standard InChI is InChI=1S/C12H20BrN5O/c1-5-6-18(8-10(19)17(3)4)11-9(13)7-15-12(14-2)16-11/h7H,5-6,8H2,1-4H3,(H,14,15,16). The molecule has 106 valence electrons. The van der Waals surface area contributed by atoms with Crippen LogP contribution in [0.25, 0.3) is 0 Å². The Bertz CT molecular complexity index is 438. The Balaban J connectivity index is 3.00. The Morgan fingerprint density at radius 3 is 2.68 bits per heavy atom. The van der Waals surface area contributed by atoms with Crippen molar-refractivity contribution in [1.29, 1.82) is 0 Å². The maximum atomic E-state index is 11.9. The molecule has 0 radical (unpaired) electrons. The molecule has 19 heavy (non-hydrogen) atoms. The molecule has 0 aliphatic rings. The van der Waals surface area contributed by atoms with Crippen LogP contribution in [-0.4, -0.2) is 55.0 Å². The first kappa shape index (κ1) is 15.7. The van der Waals surface area contributed by atoms with Crippen LogP contribution in [0.5, 0.6) is 0 Å². The molecule has 7 heteroatoms. The lowest BCUT2D eigenvalue weighted by molar-refractivity contribution is -0.127. The highest BCUT2D eigenvalue weighted by Crippen LogP contribution is 2.24. The molecule has 0 spiro atoms. The molecule has 6 nitrogen and oxygen atoms in total. The fourth-order valence-corrected chi connectivity index (χ4v) is 1.98. The number of hydrogen-bond acceptors (Lipinski definition) is 5. The second kappa shape index (κ2) is 7.28. The van der Waals surface area contributed by atoms with Crippen LogP contribution in [0.4, 0.5) is 11.8 Å². The minimum Gasteiger partial charge on any atom is -0.357 e. The molecule has 0 unspecified atom stereocenters. The number of nitrogens with zero attached hydrogens (tertiary/aromatic N) is 4. The molecular weight excluding hydrogens is 310 g/mol. The summed E-state index contributed by atoms with van der Waals surface area (Å²) < 4.78 is 0.784. The van der Waals surface area contributed by atoms with E-state index >= 15 is 0 Å². The molecule has 1 aromatic rings. The van der Waals surface area contributed by atoms with E-state index in [1.165, 1.54) is 0 Å². The predicted molar refractivity (Wildman–Crippen MR) is 80.5 cm³/mol. The monoisotopic (exact) mass is 329 g/mol. The first-order chi connectivity index (χ1) is 8.99. The van der Waals surface area contributed by atoms with Crippen LogP contribution in [0.1, 0.15) is 13.3 Å². The first-order valence-electron chi connectivity index (χ1n) is 6.15. The van der Waals surface area contributed by atoms with E-state index in [0.29, 0.717) is 12.5 Å². The van der Waals surface area contributed by atoms with E-state index < -0.39 is 0 Å². The topological polar surface area (TPSA) is 61.4 Å². The average molecular weight is 330 g/mol. The summed E-state index contributed by atoms with van der Waals surface area (Å²) in [5.74, 6) is 1.32. The van der Waals surface area contributed by atoms with Crippen molar-refractivity contribution in [1.82, 2.24) is 14.9 Å². The van der Waals surface area contributed by atoms with Gasteiger partial charge in [0.2, 0.25) is 11.9 Å². The summed E-state index contributed by atoms with van der Waals surface area (Å²) in [5.41, 5.74) is 0. The van der Waals surface area contributed by atoms with Crippen molar-refractivity contribution >= 4 is 33.6 Å². The third-order valence-electron chi connectivity index (χ3n) is 2.57. The second-order valence-electron chi connectivity index (χ2n) is 4.32. The minimum absolute atomic E-state index is 0.0463. The maximum absolute atomic E-state index is 11.9. The summed E-state index contributed by atoms with van der Waals surface area (Å²) in [7, 11) is 5.27. The number of carbonyl (C=O) groups is 1. The first-order valence-corrected chi connectivity index (χ1v) is 6.94. The zero-order valence-corrected chi connectivity index (χ0v) is 13.4. The summed E-state index contributed by atoms with van der Waals surface area (Å²) in [6.07, 6.45) is 2.63. The summed E-state index contributed by atoms with van der Waals surface area (Å²) in [4.78, 5) is 23.9. The quantitative estimate of drug-likeness (QED) is 0.858. The lowest BCUT2D eigenvalue weighted by Gasteiger charge is -2.25. The van der Waals surface area contributed by atoms with Crippen LogP contribution in [-0.2, 0) is 4.79 Å². The van der Waals surface area contributed by atoms with E-state index in [9.17, 15) is 4.79 Å². The Morgan fingerprint density at radius 2 is 2.16 bits per heavy atom.